The predicted molar refractivity (Wildman–Crippen MR) is 96.6 cm³/mol. The molecule has 0 fully saturated rings. The van der Waals surface area contributed by atoms with Gasteiger partial charge in [-0.2, -0.15) is 13.2 Å². The number of imidazole rings is 1. The van der Waals surface area contributed by atoms with E-state index in [-0.39, 0.29) is 25.5 Å². The lowest BCUT2D eigenvalue weighted by atomic mass is 10.1. The highest BCUT2D eigenvalue weighted by atomic mass is 19.4. The highest BCUT2D eigenvalue weighted by Crippen LogP contribution is 2.29. The highest BCUT2D eigenvalue weighted by molar-refractivity contribution is 6.00. The quantitative estimate of drug-likeness (QED) is 0.263. The Morgan fingerprint density at radius 3 is 2.79 bits per heavy atom. The maximum Gasteiger partial charge on any atom is 0.416 e. The van der Waals surface area contributed by atoms with E-state index in [2.05, 4.69) is 10.1 Å². The van der Waals surface area contributed by atoms with Crippen LogP contribution in [-0.4, -0.2) is 34.4 Å². The van der Waals surface area contributed by atoms with Crippen LogP contribution in [0.1, 0.15) is 37.3 Å². The van der Waals surface area contributed by atoms with Crippen LogP contribution in [0.2, 0.25) is 0 Å². The molecule has 0 radical (unpaired) electrons. The summed E-state index contributed by atoms with van der Waals surface area (Å²) in [6.45, 7) is 2.54. The van der Waals surface area contributed by atoms with Crippen molar-refractivity contribution in [3.63, 3.8) is 0 Å². The third-order valence-electron chi connectivity index (χ3n) is 3.76. The van der Waals surface area contributed by atoms with Crippen LogP contribution in [0, 0.1) is 0 Å². The highest BCUT2D eigenvalue weighted by Gasteiger charge is 2.30. The van der Waals surface area contributed by atoms with Crippen molar-refractivity contribution in [2.24, 2.45) is 5.16 Å². The summed E-state index contributed by atoms with van der Waals surface area (Å²) in [5.41, 5.74) is -0.0951. The first kappa shape index (κ1) is 21.5. The minimum Gasteiger partial charge on any atom is -0.466 e. The van der Waals surface area contributed by atoms with E-state index in [4.69, 9.17) is 9.57 Å². The molecule has 0 unspecified atom stereocenters. The first-order valence-corrected chi connectivity index (χ1v) is 8.88. The van der Waals surface area contributed by atoms with Crippen LogP contribution in [0.3, 0.4) is 0 Å². The predicted octanol–water partition coefficient (Wildman–Crippen LogP) is 4.06. The smallest absolute Gasteiger partial charge is 0.416 e. The average molecular weight is 397 g/mol. The minimum absolute atomic E-state index is 0.212. The van der Waals surface area contributed by atoms with Crippen LogP contribution < -0.4 is 0 Å². The molecule has 0 amide bonds. The number of aromatic nitrogens is 2. The molecule has 0 spiro atoms. The third-order valence-corrected chi connectivity index (χ3v) is 3.76. The molecule has 1 heterocycles. The fourth-order valence-electron chi connectivity index (χ4n) is 2.39. The Hall–Kier alpha value is -2.84. The summed E-state index contributed by atoms with van der Waals surface area (Å²) < 4.78 is 45.5. The molecule has 0 saturated carbocycles. The summed E-state index contributed by atoms with van der Waals surface area (Å²) in [4.78, 5) is 20.5. The van der Waals surface area contributed by atoms with E-state index < -0.39 is 11.7 Å². The van der Waals surface area contributed by atoms with Gasteiger partial charge in [-0.15, -0.1) is 0 Å². The Balaban J connectivity index is 2.02. The van der Waals surface area contributed by atoms with Crippen LogP contribution in [-0.2, 0) is 27.1 Å². The second-order valence-corrected chi connectivity index (χ2v) is 5.95. The lowest BCUT2D eigenvalue weighted by Gasteiger charge is -2.11. The maximum atomic E-state index is 13.0. The molecule has 28 heavy (non-hydrogen) atoms. The van der Waals surface area contributed by atoms with Gasteiger partial charge in [-0.1, -0.05) is 17.3 Å². The topological polar surface area (TPSA) is 65.7 Å². The molecule has 0 aliphatic heterocycles. The van der Waals surface area contributed by atoms with E-state index in [0.29, 0.717) is 30.7 Å². The maximum absolute atomic E-state index is 13.0. The number of carbonyl (C=O) groups is 1. The number of rotatable bonds is 10. The third kappa shape index (κ3) is 7.05. The molecule has 1 aromatic carbocycles. The number of unbranched alkanes of at least 4 members (excludes halogenated alkanes) is 1. The van der Waals surface area contributed by atoms with E-state index in [0.717, 1.165) is 12.1 Å². The van der Waals surface area contributed by atoms with Crippen molar-refractivity contribution in [1.82, 2.24) is 9.55 Å². The molecular formula is C19H22F3N3O3. The fourth-order valence-corrected chi connectivity index (χ4v) is 2.39. The first-order valence-electron chi connectivity index (χ1n) is 8.88. The van der Waals surface area contributed by atoms with Crippen molar-refractivity contribution in [2.45, 2.75) is 38.9 Å². The summed E-state index contributed by atoms with van der Waals surface area (Å²) in [5.74, 6) is -0.268. The van der Waals surface area contributed by atoms with Crippen molar-refractivity contribution in [3.8, 4) is 0 Å². The molecule has 0 atom stereocenters. The molecule has 0 N–H and O–H groups in total. The number of hydrogen-bond donors (Lipinski definition) is 0. The number of oxime groups is 1. The monoisotopic (exact) mass is 397 g/mol. The van der Waals surface area contributed by atoms with E-state index in [9.17, 15) is 18.0 Å². The van der Waals surface area contributed by atoms with Crippen molar-refractivity contribution in [2.75, 3.05) is 13.2 Å². The van der Waals surface area contributed by atoms with Gasteiger partial charge in [0.05, 0.1) is 25.0 Å². The van der Waals surface area contributed by atoms with Crippen molar-refractivity contribution >= 4 is 11.7 Å². The molecule has 9 heteroatoms. The second-order valence-electron chi connectivity index (χ2n) is 5.95. The van der Waals surface area contributed by atoms with Crippen LogP contribution in [0.4, 0.5) is 13.2 Å². The average Bonchev–Trinajstić information content (AvgIpc) is 3.16. The van der Waals surface area contributed by atoms with Gasteiger partial charge in [-0.25, -0.2) is 4.98 Å². The molecule has 0 aliphatic rings. The molecule has 152 valence electrons. The number of alkyl halides is 3. The van der Waals surface area contributed by atoms with Gasteiger partial charge in [0.25, 0.3) is 0 Å². The van der Waals surface area contributed by atoms with E-state index in [1.165, 1.54) is 6.07 Å². The van der Waals surface area contributed by atoms with Crippen molar-refractivity contribution in [1.29, 1.82) is 0 Å². The Kier molecular flexibility index (Phi) is 8.03. The molecule has 6 nitrogen and oxygen atoms in total. The molecule has 0 saturated heterocycles. The zero-order valence-corrected chi connectivity index (χ0v) is 15.5. The Morgan fingerprint density at radius 1 is 1.29 bits per heavy atom. The largest absolute Gasteiger partial charge is 0.466 e. The fraction of sp³-hybridized carbons (Fsp3) is 0.421. The van der Waals surface area contributed by atoms with E-state index in [1.807, 2.05) is 0 Å². The number of carbonyl (C=O) groups excluding carboxylic acids is 1. The summed E-state index contributed by atoms with van der Waals surface area (Å²) in [6, 6.07) is 4.94. The standard InChI is InChI=1S/C19H22F3N3O3/c1-2-27-18(26)8-3-4-11-28-24-17(13-25-10-9-23-14-25)15-6-5-7-16(12-15)19(20,21)22/h5-7,9-10,12,14H,2-4,8,11,13H2,1H3. The lowest BCUT2D eigenvalue weighted by Crippen LogP contribution is -2.13. The number of halogens is 3. The van der Waals surface area contributed by atoms with Gasteiger partial charge >= 0.3 is 12.1 Å². The Bertz CT molecular complexity index is 774. The van der Waals surface area contributed by atoms with Gasteiger partial charge in [-0.05, 0) is 31.9 Å². The summed E-state index contributed by atoms with van der Waals surface area (Å²) in [5, 5.41) is 4.03. The molecule has 0 bridgehead atoms. The number of ether oxygens (including phenoxy) is 1. The number of nitrogens with zero attached hydrogens (tertiary/aromatic N) is 3. The first-order chi connectivity index (χ1) is 13.4. The van der Waals surface area contributed by atoms with Crippen molar-refractivity contribution in [3.05, 3.63) is 54.1 Å². The van der Waals surface area contributed by atoms with Crippen LogP contribution in [0.15, 0.2) is 48.1 Å². The van der Waals surface area contributed by atoms with Gasteiger partial charge in [0.2, 0.25) is 0 Å². The molecule has 0 aliphatic carbocycles. The lowest BCUT2D eigenvalue weighted by molar-refractivity contribution is -0.143. The molecule has 1 aromatic heterocycles. The number of benzene rings is 1. The molecule has 2 aromatic rings. The number of esters is 1. The zero-order valence-electron chi connectivity index (χ0n) is 15.5. The van der Waals surface area contributed by atoms with E-state index >= 15 is 0 Å². The summed E-state index contributed by atoms with van der Waals surface area (Å²) in [7, 11) is 0. The molecule has 2 rings (SSSR count). The second kappa shape index (κ2) is 10.5. The van der Waals surface area contributed by atoms with Gasteiger partial charge in [0.15, 0.2) is 0 Å². The normalized spacial score (nSPS) is 12.1. The summed E-state index contributed by atoms with van der Waals surface area (Å²) >= 11 is 0. The van der Waals surface area contributed by atoms with E-state index in [1.54, 1.807) is 36.3 Å². The summed E-state index contributed by atoms with van der Waals surface area (Å²) in [6.07, 6.45) is 1.80. The Labute approximate surface area is 161 Å². The van der Waals surface area contributed by atoms with Gasteiger partial charge in [0.1, 0.15) is 12.3 Å². The van der Waals surface area contributed by atoms with Crippen LogP contribution in [0.5, 0.6) is 0 Å². The van der Waals surface area contributed by atoms with Gasteiger partial charge in [0, 0.05) is 24.4 Å². The van der Waals surface area contributed by atoms with Gasteiger partial charge in [-0.3, -0.25) is 4.79 Å². The zero-order chi connectivity index (χ0) is 20.4. The van der Waals surface area contributed by atoms with Crippen LogP contribution in [0.25, 0.3) is 0 Å². The SMILES string of the molecule is CCOC(=O)CCCCON=C(Cn1ccnc1)c1cccc(C(F)(F)F)c1. The van der Waals surface area contributed by atoms with Gasteiger partial charge < -0.3 is 14.1 Å². The van der Waals surface area contributed by atoms with Crippen LogP contribution >= 0.6 is 0 Å². The Morgan fingerprint density at radius 2 is 2.11 bits per heavy atom. The minimum atomic E-state index is -4.44. The van der Waals surface area contributed by atoms with Crippen molar-refractivity contribution < 1.29 is 27.5 Å². The number of hydrogen-bond acceptors (Lipinski definition) is 5. The molecular weight excluding hydrogens is 375 g/mol.